The maximum absolute atomic E-state index is 12.7. The summed E-state index contributed by atoms with van der Waals surface area (Å²) >= 11 is 0. The summed E-state index contributed by atoms with van der Waals surface area (Å²) in [4.78, 5) is 29.5. The molecule has 1 aliphatic heterocycles. The molecule has 1 aromatic heterocycles. The molecule has 0 atom stereocenters. The van der Waals surface area contributed by atoms with Crippen molar-refractivity contribution in [2.45, 2.75) is 32.6 Å². The standard InChI is InChI=1S/C18H20N2O4/c1-11-3-4-12(2)14(9-11)17(21)20-7-5-13(6-8-20)16-15(18(22)23)19-10-24-16/h3-4,9-10,13H,5-8H2,1-2H3,(H,22,23). The smallest absolute Gasteiger partial charge is 0.358 e. The normalized spacial score (nSPS) is 15.5. The van der Waals surface area contributed by atoms with Crippen LogP contribution in [0.3, 0.4) is 0 Å². The minimum atomic E-state index is -1.08. The molecule has 1 aromatic carbocycles. The number of oxazole rings is 1. The lowest BCUT2D eigenvalue weighted by Crippen LogP contribution is -2.38. The van der Waals surface area contributed by atoms with Gasteiger partial charge in [-0.3, -0.25) is 4.79 Å². The van der Waals surface area contributed by atoms with Crippen LogP contribution in [0.2, 0.25) is 0 Å². The number of piperidine rings is 1. The van der Waals surface area contributed by atoms with E-state index in [2.05, 4.69) is 4.98 Å². The van der Waals surface area contributed by atoms with Gasteiger partial charge in [-0.2, -0.15) is 0 Å². The van der Waals surface area contributed by atoms with E-state index in [9.17, 15) is 9.59 Å². The molecule has 24 heavy (non-hydrogen) atoms. The number of rotatable bonds is 3. The highest BCUT2D eigenvalue weighted by Gasteiger charge is 2.30. The van der Waals surface area contributed by atoms with Crippen molar-refractivity contribution in [1.29, 1.82) is 0 Å². The maximum atomic E-state index is 12.7. The van der Waals surface area contributed by atoms with Crippen LogP contribution in [-0.4, -0.2) is 40.0 Å². The summed E-state index contributed by atoms with van der Waals surface area (Å²) < 4.78 is 5.29. The van der Waals surface area contributed by atoms with Crippen LogP contribution in [0.5, 0.6) is 0 Å². The molecule has 0 saturated carbocycles. The Morgan fingerprint density at radius 3 is 2.62 bits per heavy atom. The highest BCUT2D eigenvalue weighted by molar-refractivity contribution is 5.96. The number of carbonyl (C=O) groups is 2. The molecule has 3 rings (SSSR count). The average molecular weight is 328 g/mol. The Balaban J connectivity index is 1.71. The van der Waals surface area contributed by atoms with E-state index in [4.69, 9.17) is 9.52 Å². The van der Waals surface area contributed by atoms with Gasteiger partial charge in [0.2, 0.25) is 0 Å². The summed E-state index contributed by atoms with van der Waals surface area (Å²) in [5.41, 5.74) is 2.75. The van der Waals surface area contributed by atoms with E-state index in [1.54, 1.807) is 0 Å². The highest BCUT2D eigenvalue weighted by atomic mass is 16.4. The van der Waals surface area contributed by atoms with Gasteiger partial charge < -0.3 is 14.4 Å². The predicted molar refractivity (Wildman–Crippen MR) is 87.3 cm³/mol. The lowest BCUT2D eigenvalue weighted by molar-refractivity contribution is 0.0670. The molecule has 2 heterocycles. The van der Waals surface area contributed by atoms with E-state index in [0.29, 0.717) is 31.7 Å². The lowest BCUT2D eigenvalue weighted by atomic mass is 9.92. The Bertz CT molecular complexity index is 773. The number of benzene rings is 1. The highest BCUT2D eigenvalue weighted by Crippen LogP contribution is 2.31. The monoisotopic (exact) mass is 328 g/mol. The van der Waals surface area contributed by atoms with Gasteiger partial charge in [0.05, 0.1) is 0 Å². The van der Waals surface area contributed by atoms with E-state index in [1.807, 2.05) is 36.9 Å². The van der Waals surface area contributed by atoms with Gasteiger partial charge >= 0.3 is 5.97 Å². The van der Waals surface area contributed by atoms with Gasteiger partial charge in [0, 0.05) is 24.6 Å². The minimum absolute atomic E-state index is 0.0127. The van der Waals surface area contributed by atoms with Gasteiger partial charge in [-0.15, -0.1) is 0 Å². The molecule has 126 valence electrons. The number of aryl methyl sites for hydroxylation is 2. The lowest BCUT2D eigenvalue weighted by Gasteiger charge is -2.31. The number of nitrogens with zero attached hydrogens (tertiary/aromatic N) is 2. The van der Waals surface area contributed by atoms with E-state index in [-0.39, 0.29) is 17.5 Å². The summed E-state index contributed by atoms with van der Waals surface area (Å²) in [6.45, 7) is 5.07. The van der Waals surface area contributed by atoms with Crippen LogP contribution in [0.1, 0.15) is 56.5 Å². The van der Waals surface area contributed by atoms with Crippen molar-refractivity contribution in [2.24, 2.45) is 0 Å². The van der Waals surface area contributed by atoms with Crippen molar-refractivity contribution in [3.8, 4) is 0 Å². The molecule has 1 saturated heterocycles. The number of carboxylic acid groups (broad SMARTS) is 1. The van der Waals surface area contributed by atoms with E-state index < -0.39 is 5.97 Å². The molecule has 2 aromatic rings. The third-order valence-electron chi connectivity index (χ3n) is 4.57. The largest absolute Gasteiger partial charge is 0.476 e. The number of carboxylic acids is 1. The molecule has 6 nitrogen and oxygen atoms in total. The molecular weight excluding hydrogens is 308 g/mol. The number of hydrogen-bond acceptors (Lipinski definition) is 4. The second-order valence-corrected chi connectivity index (χ2v) is 6.26. The molecule has 1 fully saturated rings. The second-order valence-electron chi connectivity index (χ2n) is 6.26. The molecule has 1 amide bonds. The third kappa shape index (κ3) is 3.04. The van der Waals surface area contributed by atoms with Crippen LogP contribution in [0.4, 0.5) is 0 Å². The molecule has 0 aliphatic carbocycles. The first-order valence-corrected chi connectivity index (χ1v) is 8.00. The molecule has 0 radical (unpaired) electrons. The summed E-state index contributed by atoms with van der Waals surface area (Å²) in [6.07, 6.45) is 2.52. The average Bonchev–Trinajstić information content (AvgIpc) is 3.06. The van der Waals surface area contributed by atoms with Gasteiger partial charge in [0.25, 0.3) is 5.91 Å². The van der Waals surface area contributed by atoms with Crippen molar-refractivity contribution in [3.63, 3.8) is 0 Å². The molecule has 6 heteroatoms. The van der Waals surface area contributed by atoms with E-state index in [1.165, 1.54) is 6.39 Å². The second kappa shape index (κ2) is 6.47. The fourth-order valence-corrected chi connectivity index (χ4v) is 3.19. The summed E-state index contributed by atoms with van der Waals surface area (Å²) in [7, 11) is 0. The van der Waals surface area contributed by atoms with Crippen molar-refractivity contribution < 1.29 is 19.1 Å². The van der Waals surface area contributed by atoms with Gasteiger partial charge in [-0.1, -0.05) is 17.7 Å². The summed E-state index contributed by atoms with van der Waals surface area (Å²) in [5, 5.41) is 9.14. The Kier molecular flexibility index (Phi) is 4.38. The molecular formula is C18H20N2O4. The first-order valence-electron chi connectivity index (χ1n) is 8.00. The van der Waals surface area contributed by atoms with Crippen LogP contribution in [0.15, 0.2) is 29.0 Å². The van der Waals surface area contributed by atoms with Crippen molar-refractivity contribution in [2.75, 3.05) is 13.1 Å². The fraction of sp³-hybridized carbons (Fsp3) is 0.389. The molecule has 0 bridgehead atoms. The Labute approximate surface area is 140 Å². The van der Waals surface area contributed by atoms with Crippen LogP contribution >= 0.6 is 0 Å². The number of likely N-dealkylation sites (tertiary alicyclic amines) is 1. The van der Waals surface area contributed by atoms with E-state index in [0.717, 1.165) is 16.7 Å². The number of hydrogen-bond donors (Lipinski definition) is 1. The predicted octanol–water partition coefficient (Wildman–Crippen LogP) is 3.01. The molecule has 0 unspecified atom stereocenters. The Hall–Kier alpha value is -2.63. The zero-order chi connectivity index (χ0) is 17.3. The van der Waals surface area contributed by atoms with Crippen LogP contribution < -0.4 is 0 Å². The van der Waals surface area contributed by atoms with Crippen LogP contribution in [-0.2, 0) is 0 Å². The number of aromatic nitrogens is 1. The Morgan fingerprint density at radius 2 is 1.96 bits per heavy atom. The van der Waals surface area contributed by atoms with Crippen molar-refractivity contribution >= 4 is 11.9 Å². The zero-order valence-electron chi connectivity index (χ0n) is 13.8. The number of aromatic carboxylic acids is 1. The zero-order valence-corrected chi connectivity index (χ0v) is 13.8. The van der Waals surface area contributed by atoms with Gasteiger partial charge in [-0.25, -0.2) is 9.78 Å². The van der Waals surface area contributed by atoms with Crippen molar-refractivity contribution in [3.05, 3.63) is 52.7 Å². The van der Waals surface area contributed by atoms with Gasteiger partial charge in [0.15, 0.2) is 12.1 Å². The number of carbonyl (C=O) groups excluding carboxylic acids is 1. The van der Waals surface area contributed by atoms with Crippen LogP contribution in [0, 0.1) is 13.8 Å². The molecule has 1 aliphatic rings. The van der Waals surface area contributed by atoms with Gasteiger partial charge in [-0.05, 0) is 38.3 Å². The van der Waals surface area contributed by atoms with Crippen LogP contribution in [0.25, 0.3) is 0 Å². The van der Waals surface area contributed by atoms with Crippen molar-refractivity contribution in [1.82, 2.24) is 9.88 Å². The van der Waals surface area contributed by atoms with Gasteiger partial charge in [0.1, 0.15) is 5.76 Å². The quantitative estimate of drug-likeness (QED) is 0.936. The summed E-state index contributed by atoms with van der Waals surface area (Å²) in [5.74, 6) is -0.638. The SMILES string of the molecule is Cc1ccc(C)c(C(=O)N2CCC(c3ocnc3C(=O)O)CC2)c1. The fourth-order valence-electron chi connectivity index (χ4n) is 3.19. The third-order valence-corrected chi connectivity index (χ3v) is 4.57. The topological polar surface area (TPSA) is 83.6 Å². The first kappa shape index (κ1) is 16.2. The molecule has 1 N–H and O–H groups in total. The molecule has 0 spiro atoms. The first-order chi connectivity index (χ1) is 11.5. The Morgan fingerprint density at radius 1 is 1.25 bits per heavy atom. The summed E-state index contributed by atoms with van der Waals surface area (Å²) in [6, 6.07) is 5.88. The maximum Gasteiger partial charge on any atom is 0.358 e. The van der Waals surface area contributed by atoms with E-state index >= 15 is 0 Å². The number of amides is 1. The minimum Gasteiger partial charge on any atom is -0.476 e.